The number of piperazine rings is 1. The molecule has 1 atom stereocenters. The van der Waals surface area contributed by atoms with Crippen molar-refractivity contribution in [2.75, 3.05) is 32.1 Å². The molecule has 1 fully saturated rings. The molecule has 5 nitrogen and oxygen atoms in total. The molecule has 1 aliphatic heterocycles. The topological polar surface area (TPSA) is 53.6 Å². The molecule has 2 rings (SSSR count). The molecule has 0 bridgehead atoms. The third kappa shape index (κ3) is 3.13. The van der Waals surface area contributed by atoms with E-state index in [1.807, 2.05) is 29.2 Å². The number of anilines is 1. The average Bonchev–Trinajstić information content (AvgIpc) is 2.39. The molecule has 18 heavy (non-hydrogen) atoms. The Morgan fingerprint density at radius 2 is 2.39 bits per heavy atom. The molecule has 0 saturated carbocycles. The first-order valence-electron chi connectivity index (χ1n) is 6.12. The van der Waals surface area contributed by atoms with Crippen LogP contribution >= 0.6 is 0 Å². The van der Waals surface area contributed by atoms with E-state index in [2.05, 4.69) is 17.6 Å². The normalized spacial score (nSPS) is 19.4. The fraction of sp³-hybridized carbons (Fsp3) is 0.462. The molecule has 2 N–H and O–H groups in total. The number of benzene rings is 1. The van der Waals surface area contributed by atoms with E-state index in [0.29, 0.717) is 6.04 Å². The van der Waals surface area contributed by atoms with Crippen LogP contribution in [-0.2, 0) is 0 Å². The molecule has 1 saturated heterocycles. The Morgan fingerprint density at radius 3 is 3.11 bits per heavy atom. The average molecular weight is 249 g/mol. The number of methoxy groups -OCH3 is 1. The maximum absolute atomic E-state index is 12.1. The van der Waals surface area contributed by atoms with Gasteiger partial charge in [-0.3, -0.25) is 0 Å². The summed E-state index contributed by atoms with van der Waals surface area (Å²) in [6.07, 6.45) is 0. The smallest absolute Gasteiger partial charge is 0.321 e. The van der Waals surface area contributed by atoms with E-state index >= 15 is 0 Å². The van der Waals surface area contributed by atoms with Gasteiger partial charge in [-0.15, -0.1) is 0 Å². The van der Waals surface area contributed by atoms with Crippen LogP contribution in [0.5, 0.6) is 5.75 Å². The number of urea groups is 1. The Morgan fingerprint density at radius 1 is 1.56 bits per heavy atom. The molecule has 1 aromatic rings. The molecule has 5 heteroatoms. The van der Waals surface area contributed by atoms with Crippen molar-refractivity contribution in [1.82, 2.24) is 10.2 Å². The third-order valence-corrected chi connectivity index (χ3v) is 2.98. The van der Waals surface area contributed by atoms with Crippen molar-refractivity contribution in [2.45, 2.75) is 13.0 Å². The lowest BCUT2D eigenvalue weighted by Gasteiger charge is -2.31. The van der Waals surface area contributed by atoms with Crippen LogP contribution in [0.2, 0.25) is 0 Å². The van der Waals surface area contributed by atoms with E-state index in [-0.39, 0.29) is 6.03 Å². The summed E-state index contributed by atoms with van der Waals surface area (Å²) in [6, 6.07) is 7.65. The molecule has 0 spiro atoms. The first-order valence-corrected chi connectivity index (χ1v) is 6.12. The van der Waals surface area contributed by atoms with E-state index in [0.717, 1.165) is 31.1 Å². The lowest BCUT2D eigenvalue weighted by Crippen LogP contribution is -2.52. The number of ether oxygens (including phenoxy) is 1. The zero-order valence-electron chi connectivity index (χ0n) is 10.8. The molecular weight excluding hydrogens is 230 g/mol. The number of hydrogen-bond acceptors (Lipinski definition) is 3. The van der Waals surface area contributed by atoms with Crippen LogP contribution in [-0.4, -0.2) is 43.7 Å². The number of carbonyl (C=O) groups excluding carboxylic acids is 1. The highest BCUT2D eigenvalue weighted by atomic mass is 16.5. The van der Waals surface area contributed by atoms with Crippen LogP contribution in [0.15, 0.2) is 24.3 Å². The first-order chi connectivity index (χ1) is 8.69. The maximum atomic E-state index is 12.1. The highest BCUT2D eigenvalue weighted by Gasteiger charge is 2.20. The Bertz CT molecular complexity index is 422. The fourth-order valence-electron chi connectivity index (χ4n) is 2.02. The van der Waals surface area contributed by atoms with Crippen molar-refractivity contribution >= 4 is 11.7 Å². The van der Waals surface area contributed by atoms with Crippen LogP contribution in [0.1, 0.15) is 6.92 Å². The van der Waals surface area contributed by atoms with E-state index in [1.165, 1.54) is 0 Å². The quantitative estimate of drug-likeness (QED) is 0.835. The lowest BCUT2D eigenvalue weighted by molar-refractivity contribution is 0.192. The standard InChI is InChI=1S/C13H19N3O2/c1-10-9-16(7-6-14-10)13(17)15-11-4-3-5-12(8-11)18-2/h3-5,8,10,14H,6-7,9H2,1-2H3,(H,15,17)/t10-/m1/s1. The second-order valence-electron chi connectivity index (χ2n) is 4.46. The van der Waals surface area contributed by atoms with Crippen molar-refractivity contribution in [1.29, 1.82) is 0 Å². The monoisotopic (exact) mass is 249 g/mol. The molecular formula is C13H19N3O2. The van der Waals surface area contributed by atoms with Crippen molar-refractivity contribution in [3.8, 4) is 5.75 Å². The van der Waals surface area contributed by atoms with Gasteiger partial charge in [0.25, 0.3) is 0 Å². The maximum Gasteiger partial charge on any atom is 0.321 e. The summed E-state index contributed by atoms with van der Waals surface area (Å²) in [5.41, 5.74) is 0.755. The summed E-state index contributed by atoms with van der Waals surface area (Å²) in [7, 11) is 1.61. The minimum atomic E-state index is -0.0587. The SMILES string of the molecule is COc1cccc(NC(=O)N2CCN[C@H](C)C2)c1. The molecule has 98 valence electrons. The number of nitrogens with zero attached hydrogens (tertiary/aromatic N) is 1. The highest BCUT2D eigenvalue weighted by Crippen LogP contribution is 2.17. The van der Waals surface area contributed by atoms with Gasteiger partial charge in [-0.1, -0.05) is 6.07 Å². The molecule has 0 aromatic heterocycles. The van der Waals surface area contributed by atoms with Crippen LogP contribution in [0.3, 0.4) is 0 Å². The van der Waals surface area contributed by atoms with E-state index in [1.54, 1.807) is 7.11 Å². The van der Waals surface area contributed by atoms with Gasteiger partial charge >= 0.3 is 6.03 Å². The molecule has 1 aromatic carbocycles. The predicted octanol–water partition coefficient (Wildman–Crippen LogP) is 1.52. The fourth-order valence-corrected chi connectivity index (χ4v) is 2.02. The van der Waals surface area contributed by atoms with E-state index in [9.17, 15) is 4.79 Å². The second kappa shape index (κ2) is 5.73. The minimum Gasteiger partial charge on any atom is -0.497 e. The predicted molar refractivity (Wildman–Crippen MR) is 71.1 cm³/mol. The van der Waals surface area contributed by atoms with Crippen LogP contribution in [0.4, 0.5) is 10.5 Å². The molecule has 0 radical (unpaired) electrons. The number of nitrogens with one attached hydrogen (secondary N) is 2. The van der Waals surface area contributed by atoms with E-state index < -0.39 is 0 Å². The van der Waals surface area contributed by atoms with Crippen molar-refractivity contribution in [3.05, 3.63) is 24.3 Å². The third-order valence-electron chi connectivity index (χ3n) is 2.98. The van der Waals surface area contributed by atoms with Crippen molar-refractivity contribution in [3.63, 3.8) is 0 Å². The summed E-state index contributed by atoms with van der Waals surface area (Å²) < 4.78 is 5.12. The van der Waals surface area contributed by atoms with Crippen molar-refractivity contribution < 1.29 is 9.53 Å². The Hall–Kier alpha value is -1.75. The van der Waals surface area contributed by atoms with Crippen LogP contribution in [0, 0.1) is 0 Å². The summed E-state index contributed by atoms with van der Waals surface area (Å²) >= 11 is 0. The highest BCUT2D eigenvalue weighted by molar-refractivity contribution is 5.89. The summed E-state index contributed by atoms with van der Waals surface area (Å²) in [6.45, 7) is 4.38. The van der Waals surface area contributed by atoms with E-state index in [4.69, 9.17) is 4.74 Å². The minimum absolute atomic E-state index is 0.0587. The van der Waals surface area contributed by atoms with Gasteiger partial charge in [0.05, 0.1) is 7.11 Å². The summed E-state index contributed by atoms with van der Waals surface area (Å²) in [5, 5.41) is 6.19. The number of rotatable bonds is 2. The lowest BCUT2D eigenvalue weighted by atomic mass is 10.2. The van der Waals surface area contributed by atoms with Crippen LogP contribution in [0.25, 0.3) is 0 Å². The first kappa shape index (κ1) is 12.7. The Balaban J connectivity index is 1.97. The second-order valence-corrected chi connectivity index (χ2v) is 4.46. The van der Waals surface area contributed by atoms with Gasteiger partial charge in [-0.25, -0.2) is 4.79 Å². The molecule has 0 unspecified atom stereocenters. The number of carbonyl (C=O) groups is 1. The molecule has 0 aliphatic carbocycles. The van der Waals surface area contributed by atoms with Gasteiger partial charge in [0, 0.05) is 37.4 Å². The zero-order chi connectivity index (χ0) is 13.0. The van der Waals surface area contributed by atoms with Gasteiger partial charge in [-0.2, -0.15) is 0 Å². The molecule has 1 aliphatic rings. The van der Waals surface area contributed by atoms with Crippen molar-refractivity contribution in [2.24, 2.45) is 0 Å². The van der Waals surface area contributed by atoms with Gasteiger partial charge in [-0.05, 0) is 19.1 Å². The van der Waals surface area contributed by atoms with Gasteiger partial charge in [0.1, 0.15) is 5.75 Å². The summed E-state index contributed by atoms with van der Waals surface area (Å²) in [4.78, 5) is 13.9. The summed E-state index contributed by atoms with van der Waals surface area (Å²) in [5.74, 6) is 0.737. The van der Waals surface area contributed by atoms with Gasteiger partial charge in [0.15, 0.2) is 0 Å². The Labute approximate surface area is 107 Å². The number of amides is 2. The number of hydrogen-bond donors (Lipinski definition) is 2. The zero-order valence-corrected chi connectivity index (χ0v) is 10.8. The largest absolute Gasteiger partial charge is 0.497 e. The molecule has 2 amide bonds. The van der Waals surface area contributed by atoms with Crippen LogP contribution < -0.4 is 15.4 Å². The van der Waals surface area contributed by atoms with Gasteiger partial charge < -0.3 is 20.3 Å². The van der Waals surface area contributed by atoms with Gasteiger partial charge in [0.2, 0.25) is 0 Å². The molecule has 1 heterocycles. The Kier molecular flexibility index (Phi) is 4.04.